The topological polar surface area (TPSA) is 47.3 Å². The van der Waals surface area contributed by atoms with Gasteiger partial charge in [0.2, 0.25) is 0 Å². The molecular weight excluding hydrogens is 224 g/mol. The second-order valence-electron chi connectivity index (χ2n) is 3.98. The Morgan fingerprint density at radius 1 is 1.75 bits per heavy atom. The van der Waals surface area contributed by atoms with Crippen molar-refractivity contribution in [2.24, 2.45) is 5.92 Å². The molecule has 0 aromatic carbocycles. The molecule has 1 aromatic rings. The van der Waals surface area contributed by atoms with Gasteiger partial charge in [-0.15, -0.1) is 0 Å². The van der Waals surface area contributed by atoms with Crippen molar-refractivity contribution in [3.05, 3.63) is 11.9 Å². The van der Waals surface area contributed by atoms with E-state index in [2.05, 4.69) is 5.10 Å². The van der Waals surface area contributed by atoms with Crippen molar-refractivity contribution < 1.29 is 9.84 Å². The van der Waals surface area contributed by atoms with Crippen LogP contribution in [0.3, 0.4) is 0 Å². The third-order valence-electron chi connectivity index (χ3n) is 3.06. The molecule has 2 rings (SSSR count). The lowest BCUT2D eigenvalue weighted by atomic mass is 9.99. The molecular formula is C11H18N2O2S. The fourth-order valence-corrected chi connectivity index (χ4v) is 3.40. The summed E-state index contributed by atoms with van der Waals surface area (Å²) in [6, 6.07) is 0. The van der Waals surface area contributed by atoms with E-state index in [0.29, 0.717) is 11.7 Å². The van der Waals surface area contributed by atoms with Gasteiger partial charge in [-0.2, -0.15) is 16.9 Å². The number of aliphatic hydroxyl groups excluding tert-OH is 1. The van der Waals surface area contributed by atoms with E-state index in [9.17, 15) is 5.11 Å². The first-order valence-electron chi connectivity index (χ1n) is 5.63. The number of methoxy groups -OCH3 is 1. The lowest BCUT2D eigenvalue weighted by molar-refractivity contribution is 0.108. The first-order chi connectivity index (χ1) is 7.77. The van der Waals surface area contributed by atoms with Gasteiger partial charge in [0, 0.05) is 12.5 Å². The fourth-order valence-electron chi connectivity index (χ4n) is 2.11. The molecule has 1 aliphatic rings. The van der Waals surface area contributed by atoms with Gasteiger partial charge in [-0.1, -0.05) is 0 Å². The van der Waals surface area contributed by atoms with Crippen LogP contribution in [-0.2, 0) is 6.54 Å². The zero-order chi connectivity index (χ0) is 11.5. The molecule has 1 aromatic heterocycles. The van der Waals surface area contributed by atoms with Crippen LogP contribution in [0.15, 0.2) is 6.20 Å². The minimum absolute atomic E-state index is 0.334. The lowest BCUT2D eigenvalue weighted by Crippen LogP contribution is -2.17. The first kappa shape index (κ1) is 11.8. The number of hydrogen-bond acceptors (Lipinski definition) is 4. The maximum Gasteiger partial charge on any atom is 0.162 e. The van der Waals surface area contributed by atoms with Crippen molar-refractivity contribution in [3.63, 3.8) is 0 Å². The molecule has 0 radical (unpaired) electrons. The van der Waals surface area contributed by atoms with Crippen molar-refractivity contribution in [1.82, 2.24) is 9.78 Å². The second-order valence-corrected chi connectivity index (χ2v) is 5.13. The molecule has 4 nitrogen and oxygen atoms in total. The van der Waals surface area contributed by atoms with Gasteiger partial charge >= 0.3 is 0 Å². The molecule has 16 heavy (non-hydrogen) atoms. The number of hydrogen-bond donors (Lipinski definition) is 1. The highest BCUT2D eigenvalue weighted by Crippen LogP contribution is 2.37. The van der Waals surface area contributed by atoms with E-state index >= 15 is 0 Å². The minimum Gasteiger partial charge on any atom is -0.493 e. The molecule has 0 amide bonds. The summed E-state index contributed by atoms with van der Waals surface area (Å²) in [6.07, 6.45) is 2.31. The first-order valence-corrected chi connectivity index (χ1v) is 6.78. The van der Waals surface area contributed by atoms with Gasteiger partial charge in [-0.3, -0.25) is 4.68 Å². The Balaban J connectivity index is 2.25. The Hall–Kier alpha value is -0.680. The largest absolute Gasteiger partial charge is 0.493 e. The minimum atomic E-state index is -0.451. The van der Waals surface area contributed by atoms with E-state index in [4.69, 9.17) is 4.74 Å². The molecule has 1 saturated heterocycles. The lowest BCUT2D eigenvalue weighted by Gasteiger charge is -2.19. The van der Waals surface area contributed by atoms with Crippen LogP contribution in [0.5, 0.6) is 5.75 Å². The summed E-state index contributed by atoms with van der Waals surface area (Å²) in [5, 5.41) is 14.6. The summed E-state index contributed by atoms with van der Waals surface area (Å²) in [5.74, 6) is 3.20. The predicted octanol–water partition coefficient (Wildman–Crippen LogP) is 1.70. The Morgan fingerprint density at radius 3 is 3.12 bits per heavy atom. The molecule has 0 saturated carbocycles. The van der Waals surface area contributed by atoms with Crippen LogP contribution >= 0.6 is 11.8 Å². The third kappa shape index (κ3) is 2.06. The monoisotopic (exact) mass is 242 g/mol. The molecule has 2 heterocycles. The number of rotatable bonds is 4. The highest BCUT2D eigenvalue weighted by Gasteiger charge is 2.29. The SMILES string of the molecule is CCn1ncc(OC)c1C(O)C1CCSC1. The summed E-state index contributed by atoms with van der Waals surface area (Å²) in [4.78, 5) is 0. The highest BCUT2D eigenvalue weighted by atomic mass is 32.2. The van der Waals surface area contributed by atoms with E-state index in [1.807, 2.05) is 23.4 Å². The van der Waals surface area contributed by atoms with Crippen LogP contribution in [-0.4, -0.2) is 33.5 Å². The van der Waals surface area contributed by atoms with Crippen LogP contribution in [0, 0.1) is 5.92 Å². The molecule has 90 valence electrons. The maximum atomic E-state index is 10.4. The van der Waals surface area contributed by atoms with Crippen LogP contribution in [0.1, 0.15) is 25.1 Å². The Morgan fingerprint density at radius 2 is 2.56 bits per heavy atom. The summed E-state index contributed by atoms with van der Waals surface area (Å²) in [7, 11) is 1.62. The van der Waals surface area contributed by atoms with Crippen molar-refractivity contribution in [2.45, 2.75) is 26.0 Å². The van der Waals surface area contributed by atoms with Gasteiger partial charge in [0.15, 0.2) is 5.75 Å². The smallest absolute Gasteiger partial charge is 0.162 e. The summed E-state index contributed by atoms with van der Waals surface area (Å²) in [5.41, 5.74) is 0.831. The van der Waals surface area contributed by atoms with Crippen LogP contribution in [0.25, 0.3) is 0 Å². The third-order valence-corrected chi connectivity index (χ3v) is 4.24. The normalized spacial score (nSPS) is 22.3. The standard InChI is InChI=1S/C11H18N2O2S/c1-3-13-10(9(15-2)6-12-13)11(14)8-4-5-16-7-8/h6,8,11,14H,3-5,7H2,1-2H3. The Bertz CT molecular complexity index is 326. The molecule has 0 spiro atoms. The van der Waals surface area contributed by atoms with Gasteiger partial charge in [-0.05, 0) is 24.9 Å². The number of aliphatic hydroxyl groups is 1. The molecule has 0 bridgehead atoms. The van der Waals surface area contributed by atoms with Gasteiger partial charge in [0.25, 0.3) is 0 Å². The van der Waals surface area contributed by atoms with E-state index in [1.54, 1.807) is 13.3 Å². The van der Waals surface area contributed by atoms with E-state index in [1.165, 1.54) is 0 Å². The number of thioether (sulfide) groups is 1. The van der Waals surface area contributed by atoms with Crippen molar-refractivity contribution in [3.8, 4) is 5.75 Å². The van der Waals surface area contributed by atoms with Gasteiger partial charge in [-0.25, -0.2) is 0 Å². The summed E-state index contributed by atoms with van der Waals surface area (Å²) >= 11 is 1.90. The highest BCUT2D eigenvalue weighted by molar-refractivity contribution is 7.99. The zero-order valence-corrected chi connectivity index (χ0v) is 10.5. The average Bonchev–Trinajstić information content (AvgIpc) is 2.96. The van der Waals surface area contributed by atoms with Crippen LogP contribution in [0.2, 0.25) is 0 Å². The number of aryl methyl sites for hydroxylation is 1. The molecule has 2 atom stereocenters. The Labute approximate surface area is 100.0 Å². The van der Waals surface area contributed by atoms with Crippen molar-refractivity contribution in [2.75, 3.05) is 18.6 Å². The number of aromatic nitrogens is 2. The molecule has 1 fully saturated rings. The van der Waals surface area contributed by atoms with Crippen LogP contribution in [0.4, 0.5) is 0 Å². The van der Waals surface area contributed by atoms with E-state index < -0.39 is 6.10 Å². The molecule has 5 heteroatoms. The molecule has 1 aliphatic heterocycles. The van der Waals surface area contributed by atoms with Gasteiger partial charge in [0.05, 0.1) is 13.3 Å². The van der Waals surface area contributed by atoms with Crippen molar-refractivity contribution >= 4 is 11.8 Å². The fraction of sp³-hybridized carbons (Fsp3) is 0.727. The average molecular weight is 242 g/mol. The van der Waals surface area contributed by atoms with Gasteiger partial charge < -0.3 is 9.84 Å². The van der Waals surface area contributed by atoms with E-state index in [-0.39, 0.29) is 0 Å². The zero-order valence-electron chi connectivity index (χ0n) is 9.72. The summed E-state index contributed by atoms with van der Waals surface area (Å²) < 4.78 is 7.08. The van der Waals surface area contributed by atoms with Gasteiger partial charge in [0.1, 0.15) is 11.8 Å². The Kier molecular flexibility index (Phi) is 3.76. The number of ether oxygens (including phenoxy) is 1. The molecule has 1 N–H and O–H groups in total. The van der Waals surface area contributed by atoms with Crippen molar-refractivity contribution in [1.29, 1.82) is 0 Å². The summed E-state index contributed by atoms with van der Waals surface area (Å²) in [6.45, 7) is 2.78. The van der Waals surface area contributed by atoms with E-state index in [0.717, 1.165) is 30.2 Å². The molecule has 0 aliphatic carbocycles. The maximum absolute atomic E-state index is 10.4. The van der Waals surface area contributed by atoms with Crippen LogP contribution < -0.4 is 4.74 Å². The quantitative estimate of drug-likeness (QED) is 0.873. The number of nitrogens with zero attached hydrogens (tertiary/aromatic N) is 2. The molecule has 2 unspecified atom stereocenters. The second kappa shape index (κ2) is 5.10. The predicted molar refractivity (Wildman–Crippen MR) is 64.8 cm³/mol.